The van der Waals surface area contributed by atoms with E-state index in [9.17, 15) is 14.4 Å². The van der Waals surface area contributed by atoms with E-state index in [1.54, 1.807) is 24.4 Å². The second-order valence-corrected chi connectivity index (χ2v) is 10.00. The van der Waals surface area contributed by atoms with Gasteiger partial charge in [-0.15, -0.1) is 0 Å². The van der Waals surface area contributed by atoms with Crippen LogP contribution in [-0.2, 0) is 4.74 Å². The fourth-order valence-corrected chi connectivity index (χ4v) is 4.82. The topological polar surface area (TPSA) is 114 Å². The maximum atomic E-state index is 13.2. The number of nitrogens with one attached hydrogen (secondary N) is 2. The zero-order valence-electron chi connectivity index (χ0n) is 23.2. The molecule has 2 heterocycles. The number of imide groups is 1. The van der Waals surface area contributed by atoms with E-state index in [-0.39, 0.29) is 18.1 Å². The van der Waals surface area contributed by atoms with E-state index >= 15 is 0 Å². The highest BCUT2D eigenvalue weighted by molar-refractivity contribution is 6.07. The second-order valence-electron chi connectivity index (χ2n) is 10.00. The summed E-state index contributed by atoms with van der Waals surface area (Å²) in [5.74, 6) is -0.403. The SMILES string of the molecule is Cc1ccc(NC(=O)c2ccc(C(=O)N3C(=O)OC[C@@H]3c3ccccc3)cc2)cc1Nc1nccc(-c2ccccc2)n1. The molecule has 0 aliphatic carbocycles. The molecule has 2 N–H and O–H groups in total. The van der Waals surface area contributed by atoms with E-state index in [4.69, 9.17) is 4.74 Å². The first-order chi connectivity index (χ1) is 21.0. The number of anilines is 3. The number of aromatic nitrogens is 2. The minimum absolute atomic E-state index is 0.0903. The summed E-state index contributed by atoms with van der Waals surface area (Å²) < 4.78 is 5.17. The number of hydrogen-bond acceptors (Lipinski definition) is 7. The van der Waals surface area contributed by atoms with Crippen molar-refractivity contribution in [2.45, 2.75) is 13.0 Å². The number of ether oxygens (including phenoxy) is 1. The van der Waals surface area contributed by atoms with Crippen molar-refractivity contribution in [2.24, 2.45) is 0 Å². The van der Waals surface area contributed by atoms with Crippen LogP contribution in [0.25, 0.3) is 11.3 Å². The van der Waals surface area contributed by atoms with Crippen LogP contribution < -0.4 is 10.6 Å². The highest BCUT2D eigenvalue weighted by Crippen LogP contribution is 2.30. The largest absolute Gasteiger partial charge is 0.446 e. The van der Waals surface area contributed by atoms with Crippen LogP contribution in [0.5, 0.6) is 0 Å². The Kier molecular flexibility index (Phi) is 7.60. The van der Waals surface area contributed by atoms with Gasteiger partial charge in [0, 0.05) is 34.3 Å². The van der Waals surface area contributed by atoms with Crippen molar-refractivity contribution >= 4 is 35.2 Å². The van der Waals surface area contributed by atoms with Gasteiger partial charge in [0.05, 0.1) is 5.69 Å². The molecule has 0 saturated carbocycles. The van der Waals surface area contributed by atoms with Gasteiger partial charge in [0.15, 0.2) is 0 Å². The van der Waals surface area contributed by atoms with Gasteiger partial charge in [-0.1, -0.05) is 66.7 Å². The predicted molar refractivity (Wildman–Crippen MR) is 163 cm³/mol. The zero-order valence-corrected chi connectivity index (χ0v) is 23.2. The lowest BCUT2D eigenvalue weighted by Gasteiger charge is -2.20. The summed E-state index contributed by atoms with van der Waals surface area (Å²) in [6, 6.07) is 32.1. The van der Waals surface area contributed by atoms with Gasteiger partial charge in [0.1, 0.15) is 12.6 Å². The van der Waals surface area contributed by atoms with Crippen LogP contribution in [0.15, 0.2) is 115 Å². The third-order valence-electron chi connectivity index (χ3n) is 7.14. The van der Waals surface area contributed by atoms with E-state index in [1.165, 1.54) is 12.1 Å². The van der Waals surface area contributed by atoms with E-state index in [1.807, 2.05) is 85.8 Å². The lowest BCUT2D eigenvalue weighted by molar-refractivity contribution is 0.0773. The van der Waals surface area contributed by atoms with Crippen LogP contribution in [0.4, 0.5) is 22.1 Å². The van der Waals surface area contributed by atoms with Crippen molar-refractivity contribution in [3.05, 3.63) is 138 Å². The normalized spacial score (nSPS) is 14.2. The molecule has 0 spiro atoms. The van der Waals surface area contributed by atoms with E-state index in [2.05, 4.69) is 20.6 Å². The van der Waals surface area contributed by atoms with E-state index in [0.29, 0.717) is 17.2 Å². The molecule has 0 bridgehead atoms. The molecular weight excluding hydrogens is 542 g/mol. The number of amides is 3. The highest BCUT2D eigenvalue weighted by Gasteiger charge is 2.39. The number of rotatable bonds is 7. The Labute approximate surface area is 248 Å². The molecule has 9 heteroatoms. The molecule has 1 aliphatic heterocycles. The van der Waals surface area contributed by atoms with Crippen molar-refractivity contribution in [2.75, 3.05) is 17.2 Å². The lowest BCUT2D eigenvalue weighted by atomic mass is 10.1. The lowest BCUT2D eigenvalue weighted by Crippen LogP contribution is -2.34. The quantitative estimate of drug-likeness (QED) is 0.222. The third kappa shape index (κ3) is 5.96. The maximum Gasteiger partial charge on any atom is 0.417 e. The van der Waals surface area contributed by atoms with Gasteiger partial charge in [-0.25, -0.2) is 19.7 Å². The van der Waals surface area contributed by atoms with Crippen LogP contribution in [0.2, 0.25) is 0 Å². The van der Waals surface area contributed by atoms with Crippen molar-refractivity contribution in [3.8, 4) is 11.3 Å². The molecule has 0 unspecified atom stereocenters. The standard InChI is InChI=1S/C34H27N5O4/c1-22-12-17-27(20-29(22)38-33-35-19-18-28(37-33)23-8-4-2-5-9-23)36-31(40)25-13-15-26(16-14-25)32(41)39-30(21-43-34(39)42)24-10-6-3-7-11-24/h2-20,30H,21H2,1H3,(H,36,40)(H,35,37,38)/t30-/m1/s1. The van der Waals surface area contributed by atoms with Crippen LogP contribution >= 0.6 is 0 Å². The fraction of sp³-hybridized carbons (Fsp3) is 0.0882. The fourth-order valence-electron chi connectivity index (χ4n) is 4.82. The zero-order chi connectivity index (χ0) is 29.8. The van der Waals surface area contributed by atoms with Gasteiger partial charge in [-0.05, 0) is 60.5 Å². The molecule has 0 radical (unpaired) electrons. The van der Waals surface area contributed by atoms with Crippen LogP contribution in [0.1, 0.15) is 37.9 Å². The molecule has 212 valence electrons. The summed E-state index contributed by atoms with van der Waals surface area (Å²) in [5.41, 5.74) is 5.47. The molecule has 1 fully saturated rings. The van der Waals surface area contributed by atoms with Crippen molar-refractivity contribution in [1.29, 1.82) is 0 Å². The number of carbonyl (C=O) groups excluding carboxylic acids is 3. The number of aryl methyl sites for hydroxylation is 1. The van der Waals surface area contributed by atoms with Crippen molar-refractivity contribution < 1.29 is 19.1 Å². The number of nitrogens with zero attached hydrogens (tertiary/aromatic N) is 3. The molecule has 9 nitrogen and oxygen atoms in total. The molecule has 6 rings (SSSR count). The third-order valence-corrected chi connectivity index (χ3v) is 7.14. The molecule has 1 atom stereocenters. The minimum atomic E-state index is -0.693. The Balaban J connectivity index is 1.14. The smallest absolute Gasteiger partial charge is 0.417 e. The monoisotopic (exact) mass is 569 g/mol. The summed E-state index contributed by atoms with van der Waals surface area (Å²) in [6.07, 6.45) is 1.00. The molecule has 5 aromatic rings. The number of hydrogen-bond donors (Lipinski definition) is 2. The predicted octanol–water partition coefficient (Wildman–Crippen LogP) is 6.78. The maximum absolute atomic E-state index is 13.2. The second kappa shape index (κ2) is 12.0. The number of cyclic esters (lactones) is 1. The van der Waals surface area contributed by atoms with Gasteiger partial charge in [0.2, 0.25) is 5.95 Å². The first kappa shape index (κ1) is 27.3. The summed E-state index contributed by atoms with van der Waals surface area (Å²) >= 11 is 0. The summed E-state index contributed by atoms with van der Waals surface area (Å²) in [4.78, 5) is 48.8. The summed E-state index contributed by atoms with van der Waals surface area (Å²) in [5, 5.41) is 6.15. The molecule has 1 aliphatic rings. The Morgan fingerprint density at radius 2 is 1.56 bits per heavy atom. The molecule has 1 saturated heterocycles. The van der Waals surface area contributed by atoms with Gasteiger partial charge in [-0.3, -0.25) is 9.59 Å². The molecule has 1 aromatic heterocycles. The van der Waals surface area contributed by atoms with Gasteiger partial charge in [0.25, 0.3) is 11.8 Å². The minimum Gasteiger partial charge on any atom is -0.446 e. The van der Waals surface area contributed by atoms with E-state index < -0.39 is 18.0 Å². The molecule has 4 aromatic carbocycles. The van der Waals surface area contributed by atoms with Crippen molar-refractivity contribution in [3.63, 3.8) is 0 Å². The Morgan fingerprint density at radius 3 is 2.30 bits per heavy atom. The molecule has 3 amide bonds. The Bertz CT molecular complexity index is 1790. The average Bonchev–Trinajstić information content (AvgIpc) is 3.44. The Hall–Kier alpha value is -5.83. The van der Waals surface area contributed by atoms with Gasteiger partial charge >= 0.3 is 6.09 Å². The van der Waals surface area contributed by atoms with Gasteiger partial charge < -0.3 is 15.4 Å². The first-order valence-electron chi connectivity index (χ1n) is 13.7. The number of carbonyl (C=O) groups is 3. The molecule has 43 heavy (non-hydrogen) atoms. The van der Waals surface area contributed by atoms with Crippen molar-refractivity contribution in [1.82, 2.24) is 14.9 Å². The number of benzene rings is 4. The summed E-state index contributed by atoms with van der Waals surface area (Å²) in [7, 11) is 0. The first-order valence-corrected chi connectivity index (χ1v) is 13.7. The van der Waals surface area contributed by atoms with Crippen LogP contribution in [-0.4, -0.2) is 39.4 Å². The Morgan fingerprint density at radius 1 is 0.860 bits per heavy atom. The molecular formula is C34H27N5O4. The van der Waals surface area contributed by atoms with Crippen LogP contribution in [0, 0.1) is 6.92 Å². The van der Waals surface area contributed by atoms with Crippen LogP contribution in [0.3, 0.4) is 0 Å². The summed E-state index contributed by atoms with van der Waals surface area (Å²) in [6.45, 7) is 2.04. The highest BCUT2D eigenvalue weighted by atomic mass is 16.6. The van der Waals surface area contributed by atoms with Gasteiger partial charge in [-0.2, -0.15) is 0 Å². The van der Waals surface area contributed by atoms with E-state index in [0.717, 1.165) is 33.0 Å². The average molecular weight is 570 g/mol.